The van der Waals surface area contributed by atoms with Gasteiger partial charge in [-0.1, -0.05) is 25.3 Å². The number of aliphatic hydroxyl groups is 1. The highest BCUT2D eigenvalue weighted by atomic mass is 16.5. The first-order chi connectivity index (χ1) is 9.28. The third-order valence-corrected chi connectivity index (χ3v) is 4.06. The summed E-state index contributed by atoms with van der Waals surface area (Å²) in [6.07, 6.45) is 6.04. The molecule has 0 heterocycles. The summed E-state index contributed by atoms with van der Waals surface area (Å²) < 4.78 is 5.50. The van der Waals surface area contributed by atoms with E-state index in [9.17, 15) is 5.11 Å². The van der Waals surface area contributed by atoms with Gasteiger partial charge in [0.2, 0.25) is 0 Å². The van der Waals surface area contributed by atoms with Crippen molar-refractivity contribution in [3.8, 4) is 5.75 Å². The van der Waals surface area contributed by atoms with E-state index in [0.29, 0.717) is 6.61 Å². The first-order valence-corrected chi connectivity index (χ1v) is 7.36. The van der Waals surface area contributed by atoms with Crippen LogP contribution in [-0.2, 0) is 0 Å². The Morgan fingerprint density at radius 3 is 2.74 bits per heavy atom. The van der Waals surface area contributed by atoms with Gasteiger partial charge in [0.25, 0.3) is 0 Å². The molecule has 3 heteroatoms. The molecule has 19 heavy (non-hydrogen) atoms. The average Bonchev–Trinajstić information content (AvgIpc) is 2.47. The summed E-state index contributed by atoms with van der Waals surface area (Å²) in [7, 11) is 0. The minimum atomic E-state index is 0.0693. The Labute approximate surface area is 116 Å². The maximum absolute atomic E-state index is 9.69. The second-order valence-corrected chi connectivity index (χ2v) is 5.53. The maximum Gasteiger partial charge on any atom is 0.121 e. The van der Waals surface area contributed by atoms with Crippen molar-refractivity contribution in [2.24, 2.45) is 5.41 Å². The molecule has 0 amide bonds. The molecule has 1 aliphatic rings. The fourth-order valence-corrected chi connectivity index (χ4v) is 2.84. The SMILES string of the molecule is CCOc1cccc(NCC2(CO)CCCCC2)c1. The van der Waals surface area contributed by atoms with Crippen LogP contribution in [0.2, 0.25) is 0 Å². The number of benzene rings is 1. The molecule has 0 aromatic heterocycles. The van der Waals surface area contributed by atoms with Gasteiger partial charge in [0.1, 0.15) is 5.75 Å². The van der Waals surface area contributed by atoms with E-state index in [1.54, 1.807) is 0 Å². The highest BCUT2D eigenvalue weighted by Gasteiger charge is 2.31. The van der Waals surface area contributed by atoms with E-state index in [4.69, 9.17) is 4.74 Å². The first kappa shape index (κ1) is 14.2. The van der Waals surface area contributed by atoms with Crippen LogP contribution in [0, 0.1) is 5.41 Å². The summed E-state index contributed by atoms with van der Waals surface area (Å²) in [5, 5.41) is 13.2. The monoisotopic (exact) mass is 263 g/mol. The van der Waals surface area contributed by atoms with Gasteiger partial charge in [-0.3, -0.25) is 0 Å². The molecule has 0 aliphatic heterocycles. The highest BCUT2D eigenvalue weighted by molar-refractivity contribution is 5.48. The van der Waals surface area contributed by atoms with Crippen LogP contribution in [0.3, 0.4) is 0 Å². The molecule has 0 spiro atoms. The zero-order chi connectivity index (χ0) is 13.6. The van der Waals surface area contributed by atoms with Gasteiger partial charge in [0.05, 0.1) is 13.2 Å². The second kappa shape index (κ2) is 6.80. The molecule has 1 aliphatic carbocycles. The summed E-state index contributed by atoms with van der Waals surface area (Å²) >= 11 is 0. The first-order valence-electron chi connectivity index (χ1n) is 7.36. The number of ether oxygens (including phenoxy) is 1. The lowest BCUT2D eigenvalue weighted by Gasteiger charge is -2.36. The lowest BCUT2D eigenvalue weighted by atomic mass is 9.74. The number of rotatable bonds is 6. The van der Waals surface area contributed by atoms with Gasteiger partial charge in [-0.2, -0.15) is 0 Å². The molecule has 0 bridgehead atoms. The minimum Gasteiger partial charge on any atom is -0.494 e. The number of nitrogens with one attached hydrogen (secondary N) is 1. The zero-order valence-electron chi connectivity index (χ0n) is 11.8. The summed E-state index contributed by atoms with van der Waals surface area (Å²) in [5.41, 5.74) is 1.14. The Morgan fingerprint density at radius 1 is 1.26 bits per heavy atom. The number of hydrogen-bond acceptors (Lipinski definition) is 3. The summed E-state index contributed by atoms with van der Waals surface area (Å²) in [5.74, 6) is 0.897. The van der Waals surface area contributed by atoms with Crippen molar-refractivity contribution >= 4 is 5.69 Å². The predicted octanol–water partition coefficient (Wildman–Crippen LogP) is 3.44. The Kier molecular flexibility index (Phi) is 5.08. The number of anilines is 1. The third kappa shape index (κ3) is 3.87. The van der Waals surface area contributed by atoms with Crippen molar-refractivity contribution in [2.45, 2.75) is 39.0 Å². The third-order valence-electron chi connectivity index (χ3n) is 4.06. The standard InChI is InChI=1S/C16H25NO2/c1-2-19-15-8-6-7-14(11-15)17-12-16(13-18)9-4-3-5-10-16/h6-8,11,17-18H,2-5,9-10,12-13H2,1H3. The number of aliphatic hydroxyl groups excluding tert-OH is 1. The molecule has 1 aromatic carbocycles. The fraction of sp³-hybridized carbons (Fsp3) is 0.625. The molecule has 0 unspecified atom stereocenters. The van der Waals surface area contributed by atoms with Crippen LogP contribution in [0.15, 0.2) is 24.3 Å². The van der Waals surface area contributed by atoms with Gasteiger partial charge in [-0.05, 0) is 31.9 Å². The molecule has 2 N–H and O–H groups in total. The van der Waals surface area contributed by atoms with Crippen molar-refractivity contribution < 1.29 is 9.84 Å². The quantitative estimate of drug-likeness (QED) is 0.826. The lowest BCUT2D eigenvalue weighted by molar-refractivity contribution is 0.0944. The van der Waals surface area contributed by atoms with Gasteiger partial charge >= 0.3 is 0 Å². The Bertz CT molecular complexity index is 386. The minimum absolute atomic E-state index is 0.0693. The fourth-order valence-electron chi connectivity index (χ4n) is 2.84. The molecule has 3 nitrogen and oxygen atoms in total. The normalized spacial score (nSPS) is 18.0. The van der Waals surface area contributed by atoms with Gasteiger partial charge in [0, 0.05) is 23.7 Å². The maximum atomic E-state index is 9.69. The molecule has 106 valence electrons. The van der Waals surface area contributed by atoms with Gasteiger partial charge in [0.15, 0.2) is 0 Å². The van der Waals surface area contributed by atoms with Crippen LogP contribution >= 0.6 is 0 Å². The molecule has 1 saturated carbocycles. The highest BCUT2D eigenvalue weighted by Crippen LogP contribution is 2.36. The molecule has 0 saturated heterocycles. The zero-order valence-corrected chi connectivity index (χ0v) is 11.8. The van der Waals surface area contributed by atoms with E-state index in [-0.39, 0.29) is 12.0 Å². The van der Waals surface area contributed by atoms with Crippen LogP contribution in [-0.4, -0.2) is 24.9 Å². The average molecular weight is 263 g/mol. The number of hydrogen-bond donors (Lipinski definition) is 2. The van der Waals surface area contributed by atoms with Crippen molar-refractivity contribution in [1.82, 2.24) is 0 Å². The van der Waals surface area contributed by atoms with Crippen LogP contribution in [0.5, 0.6) is 5.75 Å². The molecule has 2 rings (SSSR count). The van der Waals surface area contributed by atoms with E-state index in [1.807, 2.05) is 25.1 Å². The van der Waals surface area contributed by atoms with Crippen LogP contribution in [0.4, 0.5) is 5.69 Å². The Balaban J connectivity index is 1.94. The molecule has 1 fully saturated rings. The van der Waals surface area contributed by atoms with E-state index >= 15 is 0 Å². The molecule has 0 radical (unpaired) electrons. The van der Waals surface area contributed by atoms with Crippen LogP contribution < -0.4 is 10.1 Å². The summed E-state index contributed by atoms with van der Waals surface area (Å²) in [4.78, 5) is 0. The molecular formula is C16H25NO2. The van der Waals surface area contributed by atoms with E-state index in [0.717, 1.165) is 30.8 Å². The second-order valence-electron chi connectivity index (χ2n) is 5.53. The largest absolute Gasteiger partial charge is 0.494 e. The van der Waals surface area contributed by atoms with Crippen molar-refractivity contribution in [1.29, 1.82) is 0 Å². The Hall–Kier alpha value is -1.22. The summed E-state index contributed by atoms with van der Waals surface area (Å²) in [6, 6.07) is 8.05. The van der Waals surface area contributed by atoms with E-state index < -0.39 is 0 Å². The van der Waals surface area contributed by atoms with E-state index in [1.165, 1.54) is 19.3 Å². The topological polar surface area (TPSA) is 41.5 Å². The van der Waals surface area contributed by atoms with Crippen LogP contribution in [0.1, 0.15) is 39.0 Å². The predicted molar refractivity (Wildman–Crippen MR) is 78.7 cm³/mol. The lowest BCUT2D eigenvalue weighted by Crippen LogP contribution is -2.35. The van der Waals surface area contributed by atoms with Gasteiger partial charge in [-0.15, -0.1) is 0 Å². The molecular weight excluding hydrogens is 238 g/mol. The van der Waals surface area contributed by atoms with Crippen molar-refractivity contribution in [3.05, 3.63) is 24.3 Å². The Morgan fingerprint density at radius 2 is 2.05 bits per heavy atom. The van der Waals surface area contributed by atoms with Gasteiger partial charge < -0.3 is 15.2 Å². The van der Waals surface area contributed by atoms with Crippen molar-refractivity contribution in [3.63, 3.8) is 0 Å². The molecule has 1 aromatic rings. The molecule has 0 atom stereocenters. The van der Waals surface area contributed by atoms with Gasteiger partial charge in [-0.25, -0.2) is 0 Å². The van der Waals surface area contributed by atoms with Crippen LogP contribution in [0.25, 0.3) is 0 Å². The summed E-state index contributed by atoms with van der Waals surface area (Å²) in [6.45, 7) is 3.80. The van der Waals surface area contributed by atoms with Crippen molar-refractivity contribution in [2.75, 3.05) is 25.1 Å². The van der Waals surface area contributed by atoms with E-state index in [2.05, 4.69) is 11.4 Å². The smallest absolute Gasteiger partial charge is 0.121 e.